The van der Waals surface area contributed by atoms with Gasteiger partial charge in [-0.15, -0.1) is 0 Å². The average Bonchev–Trinajstić information content (AvgIpc) is 3.60. The minimum Gasteiger partial charge on any atom is -0.483 e. The number of hydrogen-bond donors (Lipinski definition) is 2. The molecule has 0 saturated carbocycles. The zero-order valence-corrected chi connectivity index (χ0v) is 28.1. The number of aromatic nitrogens is 1. The van der Waals surface area contributed by atoms with Crippen molar-refractivity contribution in [2.24, 2.45) is 0 Å². The van der Waals surface area contributed by atoms with Crippen molar-refractivity contribution in [3.63, 3.8) is 0 Å². The Bertz CT molecular complexity index is 1720. The monoisotopic (exact) mass is 673 g/mol. The molecular formula is C36H43N5O8. The van der Waals surface area contributed by atoms with E-state index in [2.05, 4.69) is 42.3 Å². The molecule has 0 radical (unpaired) electrons. The van der Waals surface area contributed by atoms with Gasteiger partial charge in [0.2, 0.25) is 5.91 Å². The van der Waals surface area contributed by atoms with Gasteiger partial charge in [0.15, 0.2) is 6.61 Å². The number of ether oxygens (including phenoxy) is 2. The predicted octanol–water partition coefficient (Wildman–Crippen LogP) is 3.86. The molecule has 0 bridgehead atoms. The maximum Gasteiger partial charge on any atom is 0.409 e. The number of aryl methyl sites for hydroxylation is 2. The van der Waals surface area contributed by atoms with Crippen molar-refractivity contribution in [1.82, 2.24) is 25.0 Å². The number of benzene rings is 2. The van der Waals surface area contributed by atoms with Gasteiger partial charge in [-0.2, -0.15) is 0 Å². The third kappa shape index (κ3) is 8.45. The van der Waals surface area contributed by atoms with Crippen LogP contribution in [0.15, 0.2) is 48.5 Å². The van der Waals surface area contributed by atoms with E-state index in [1.807, 2.05) is 4.90 Å². The van der Waals surface area contributed by atoms with Crippen LogP contribution in [0.2, 0.25) is 0 Å². The summed E-state index contributed by atoms with van der Waals surface area (Å²) in [5.41, 5.74) is 3.87. The molecule has 2 saturated heterocycles. The number of hydrogen-bond acceptors (Lipinski definition) is 8. The highest BCUT2D eigenvalue weighted by Gasteiger charge is 2.32. The van der Waals surface area contributed by atoms with Gasteiger partial charge in [0, 0.05) is 50.6 Å². The van der Waals surface area contributed by atoms with Crippen molar-refractivity contribution >= 4 is 40.7 Å². The van der Waals surface area contributed by atoms with Crippen LogP contribution in [-0.2, 0) is 19.1 Å². The highest BCUT2D eigenvalue weighted by Crippen LogP contribution is 2.33. The number of nitrogens with zero attached hydrogens (tertiary/aromatic N) is 4. The number of carboxylic acid groups (broad SMARTS) is 1. The number of para-hydroxylation sites is 1. The first kappa shape index (κ1) is 35.1. The second-order valence-electron chi connectivity index (χ2n) is 12.4. The van der Waals surface area contributed by atoms with Gasteiger partial charge in [0.05, 0.1) is 18.2 Å². The van der Waals surface area contributed by atoms with Crippen LogP contribution in [0.1, 0.15) is 65.8 Å². The van der Waals surface area contributed by atoms with Crippen molar-refractivity contribution in [1.29, 1.82) is 0 Å². The van der Waals surface area contributed by atoms with Gasteiger partial charge in [-0.1, -0.05) is 30.3 Å². The third-order valence-electron chi connectivity index (χ3n) is 9.12. The Kier molecular flexibility index (Phi) is 11.3. The molecule has 2 N–H and O–H groups in total. The van der Waals surface area contributed by atoms with Crippen LogP contribution in [-0.4, -0.2) is 107 Å². The highest BCUT2D eigenvalue weighted by molar-refractivity contribution is 5.99. The predicted molar refractivity (Wildman–Crippen MR) is 180 cm³/mol. The second-order valence-corrected chi connectivity index (χ2v) is 12.4. The zero-order chi connectivity index (χ0) is 35.1. The zero-order valence-electron chi connectivity index (χ0n) is 28.1. The lowest BCUT2D eigenvalue weighted by molar-refractivity contribution is -0.138. The number of pyridine rings is 1. The number of carbonyl (C=O) groups is 5. The number of amides is 4. The Morgan fingerprint density at radius 2 is 1.69 bits per heavy atom. The lowest BCUT2D eigenvalue weighted by Gasteiger charge is -2.35. The molecule has 3 heterocycles. The number of carbonyl (C=O) groups excluding carboxylic acids is 4. The van der Waals surface area contributed by atoms with Gasteiger partial charge >= 0.3 is 12.1 Å². The van der Waals surface area contributed by atoms with E-state index in [4.69, 9.17) is 9.47 Å². The van der Waals surface area contributed by atoms with Crippen LogP contribution >= 0.6 is 0 Å². The molecule has 1 aromatic heterocycles. The van der Waals surface area contributed by atoms with E-state index >= 15 is 0 Å². The Balaban J connectivity index is 1.30. The first-order valence-electron chi connectivity index (χ1n) is 16.7. The van der Waals surface area contributed by atoms with E-state index in [1.165, 1.54) is 27.0 Å². The number of carboxylic acids is 1. The minimum absolute atomic E-state index is 0.0423. The summed E-state index contributed by atoms with van der Waals surface area (Å²) >= 11 is 0. The van der Waals surface area contributed by atoms with Crippen LogP contribution < -0.4 is 10.1 Å². The van der Waals surface area contributed by atoms with Crippen LogP contribution in [0, 0.1) is 13.8 Å². The van der Waals surface area contributed by atoms with Gasteiger partial charge in [-0.05, 0) is 68.9 Å². The Morgan fingerprint density at radius 3 is 2.41 bits per heavy atom. The van der Waals surface area contributed by atoms with Crippen LogP contribution in [0.25, 0.3) is 10.9 Å². The van der Waals surface area contributed by atoms with Crippen LogP contribution in [0.4, 0.5) is 4.79 Å². The van der Waals surface area contributed by atoms with E-state index in [-0.39, 0.29) is 75.6 Å². The number of likely N-dealkylation sites (tertiary alicyclic amines) is 1. The van der Waals surface area contributed by atoms with Gasteiger partial charge in [-0.3, -0.25) is 19.2 Å². The lowest BCUT2D eigenvalue weighted by Crippen LogP contribution is -2.56. The number of aliphatic carboxylic acids is 1. The minimum atomic E-state index is -1.14. The molecular weight excluding hydrogens is 630 g/mol. The fraction of sp³-hybridized carbons (Fsp3) is 0.444. The maximum atomic E-state index is 13.6. The standard InChI is InChI=1S/C36H43N5O8/c1-4-48-36(47)40-18-16-39(17-19-40)35(46)28(13-14-33(43)44)38-34(45)29-21-31(26-8-5-6-9-27(26)37-29)49-22-32(42)41-15-7-10-30(41)25-12-11-23(2)24(3)20-25/h5-6,8-9,11-12,20-21,28,30H,4,7,10,13-19,22H2,1-3H3,(H,38,45)(H,43,44). The average molecular weight is 674 g/mol. The molecule has 2 aliphatic rings. The summed E-state index contributed by atoms with van der Waals surface area (Å²) in [5.74, 6) is -2.14. The summed E-state index contributed by atoms with van der Waals surface area (Å²) in [6.07, 6.45) is 0.796. The molecule has 260 valence electrons. The molecule has 2 aliphatic heterocycles. The fourth-order valence-corrected chi connectivity index (χ4v) is 6.29. The second kappa shape index (κ2) is 15.8. The summed E-state index contributed by atoms with van der Waals surface area (Å²) in [4.78, 5) is 73.5. The maximum absolute atomic E-state index is 13.6. The Morgan fingerprint density at radius 1 is 0.959 bits per heavy atom. The molecule has 49 heavy (non-hydrogen) atoms. The molecule has 4 amide bonds. The fourth-order valence-electron chi connectivity index (χ4n) is 6.29. The molecule has 0 aliphatic carbocycles. The third-order valence-corrected chi connectivity index (χ3v) is 9.12. The van der Waals surface area contributed by atoms with Gasteiger partial charge in [0.25, 0.3) is 11.8 Å². The smallest absolute Gasteiger partial charge is 0.409 e. The highest BCUT2D eigenvalue weighted by atomic mass is 16.6. The van der Waals surface area contributed by atoms with Gasteiger partial charge in [0.1, 0.15) is 17.5 Å². The normalized spacial score (nSPS) is 16.7. The molecule has 5 rings (SSSR count). The summed E-state index contributed by atoms with van der Waals surface area (Å²) < 4.78 is 11.1. The largest absolute Gasteiger partial charge is 0.483 e. The van der Waals surface area contributed by atoms with Crippen molar-refractivity contribution in [3.8, 4) is 5.75 Å². The first-order valence-corrected chi connectivity index (χ1v) is 16.7. The molecule has 2 aromatic carbocycles. The quantitative estimate of drug-likeness (QED) is 0.308. The molecule has 3 aromatic rings. The Labute approximate surface area is 285 Å². The molecule has 2 unspecified atom stereocenters. The first-order chi connectivity index (χ1) is 23.5. The summed E-state index contributed by atoms with van der Waals surface area (Å²) in [5, 5.41) is 12.6. The van der Waals surface area contributed by atoms with E-state index in [0.29, 0.717) is 17.4 Å². The van der Waals surface area contributed by atoms with Crippen LogP contribution in [0.5, 0.6) is 5.75 Å². The topological polar surface area (TPSA) is 159 Å². The molecule has 2 atom stereocenters. The summed E-state index contributed by atoms with van der Waals surface area (Å²) in [6.45, 7) is 7.35. The SMILES string of the molecule is CCOC(=O)N1CCN(C(=O)C(CCC(=O)O)NC(=O)c2cc(OCC(=O)N3CCCC3c3ccc(C)c(C)c3)c3ccccc3n2)CC1. The van der Waals surface area contributed by atoms with E-state index < -0.39 is 29.9 Å². The summed E-state index contributed by atoms with van der Waals surface area (Å²) in [6, 6.07) is 13.6. The van der Waals surface area contributed by atoms with Crippen molar-refractivity contribution < 1.29 is 38.6 Å². The van der Waals surface area contributed by atoms with Crippen molar-refractivity contribution in [3.05, 3.63) is 70.9 Å². The number of nitrogens with one attached hydrogen (secondary N) is 1. The van der Waals surface area contributed by atoms with Crippen LogP contribution in [0.3, 0.4) is 0 Å². The molecule has 2 fully saturated rings. The van der Waals surface area contributed by atoms with E-state index in [1.54, 1.807) is 31.2 Å². The van der Waals surface area contributed by atoms with Gasteiger partial charge < -0.3 is 34.6 Å². The van der Waals surface area contributed by atoms with Crippen molar-refractivity contribution in [2.75, 3.05) is 45.9 Å². The van der Waals surface area contributed by atoms with Gasteiger partial charge in [-0.25, -0.2) is 9.78 Å². The van der Waals surface area contributed by atoms with Crippen molar-refractivity contribution in [2.45, 2.75) is 58.5 Å². The Hall–Kier alpha value is -5.20. The van der Waals surface area contributed by atoms with E-state index in [9.17, 15) is 29.1 Å². The molecule has 0 spiro atoms. The van der Waals surface area contributed by atoms with E-state index in [0.717, 1.165) is 18.4 Å². The summed E-state index contributed by atoms with van der Waals surface area (Å²) in [7, 11) is 0. The lowest BCUT2D eigenvalue weighted by atomic mass is 9.99. The molecule has 13 nitrogen and oxygen atoms in total. The number of rotatable bonds is 11. The molecule has 13 heteroatoms. The number of piperazine rings is 1. The number of fused-ring (bicyclic) bond motifs is 1.